The first-order chi connectivity index (χ1) is 12.8. The molecule has 0 aliphatic rings. The molecule has 0 saturated carbocycles. The Kier molecular flexibility index (Phi) is 6.43. The van der Waals surface area contributed by atoms with E-state index in [-0.39, 0.29) is 11.4 Å². The summed E-state index contributed by atoms with van der Waals surface area (Å²) in [7, 11) is 0. The van der Waals surface area contributed by atoms with Crippen LogP contribution in [0.4, 0.5) is 11.4 Å². The molecule has 140 valence electrons. The van der Waals surface area contributed by atoms with E-state index in [2.05, 4.69) is 5.32 Å². The summed E-state index contributed by atoms with van der Waals surface area (Å²) in [4.78, 5) is 34.4. The van der Waals surface area contributed by atoms with E-state index in [4.69, 9.17) is 4.74 Å². The third-order valence-corrected chi connectivity index (χ3v) is 4.11. The van der Waals surface area contributed by atoms with Crippen LogP contribution in [0.5, 0.6) is 0 Å². The number of hydrogen-bond acceptors (Lipinski definition) is 5. The van der Waals surface area contributed by atoms with E-state index >= 15 is 0 Å². The number of hydrogen-bond donors (Lipinski definition) is 1. The van der Waals surface area contributed by atoms with Crippen LogP contribution in [0.25, 0.3) is 6.08 Å². The smallest absolute Gasteiger partial charge is 0.331 e. The van der Waals surface area contributed by atoms with Crippen LogP contribution in [0.15, 0.2) is 42.5 Å². The lowest BCUT2D eigenvalue weighted by atomic mass is 10.1. The molecule has 27 heavy (non-hydrogen) atoms. The number of carbonyl (C=O) groups is 2. The molecule has 2 aromatic rings. The zero-order chi connectivity index (χ0) is 20.0. The SMILES string of the molecule is Cc1ccccc1/C=C/C(=O)OCC(=O)Nc1c([N+](=O)[O-])ccc(C)c1C. The Hall–Kier alpha value is -3.48. The zero-order valence-corrected chi connectivity index (χ0v) is 15.3. The molecule has 0 spiro atoms. The molecule has 2 rings (SSSR count). The first kappa shape index (κ1) is 19.8. The summed E-state index contributed by atoms with van der Waals surface area (Å²) in [6.45, 7) is 4.83. The average Bonchev–Trinajstić information content (AvgIpc) is 2.63. The predicted molar refractivity (Wildman–Crippen MR) is 102 cm³/mol. The second-order valence-electron chi connectivity index (χ2n) is 6.00. The molecular weight excluding hydrogens is 348 g/mol. The minimum atomic E-state index is -0.677. The maximum atomic E-state index is 12.0. The van der Waals surface area contributed by atoms with Gasteiger partial charge in [0.25, 0.3) is 11.6 Å². The Balaban J connectivity index is 1.99. The molecule has 0 aromatic heterocycles. The fraction of sp³-hybridized carbons (Fsp3) is 0.200. The number of nitrogens with zero attached hydrogens (tertiary/aromatic N) is 1. The van der Waals surface area contributed by atoms with Crippen LogP contribution < -0.4 is 5.32 Å². The monoisotopic (exact) mass is 368 g/mol. The van der Waals surface area contributed by atoms with Gasteiger partial charge in [0.15, 0.2) is 6.61 Å². The van der Waals surface area contributed by atoms with Crippen LogP contribution in [0, 0.1) is 30.9 Å². The van der Waals surface area contributed by atoms with Crippen molar-refractivity contribution < 1.29 is 19.2 Å². The Bertz CT molecular complexity index is 919. The van der Waals surface area contributed by atoms with Crippen LogP contribution in [-0.2, 0) is 14.3 Å². The molecule has 0 atom stereocenters. The van der Waals surface area contributed by atoms with Crippen molar-refractivity contribution >= 4 is 29.3 Å². The third kappa shape index (κ3) is 5.24. The first-order valence-electron chi connectivity index (χ1n) is 8.24. The van der Waals surface area contributed by atoms with Crippen molar-refractivity contribution in [1.82, 2.24) is 0 Å². The van der Waals surface area contributed by atoms with Gasteiger partial charge in [0.2, 0.25) is 0 Å². The summed E-state index contributed by atoms with van der Waals surface area (Å²) >= 11 is 0. The molecule has 1 N–H and O–H groups in total. The highest BCUT2D eigenvalue weighted by Gasteiger charge is 2.19. The number of amides is 1. The molecule has 7 heteroatoms. The van der Waals surface area contributed by atoms with Gasteiger partial charge in [-0.2, -0.15) is 0 Å². The molecule has 0 aliphatic heterocycles. The summed E-state index contributed by atoms with van der Waals surface area (Å²) in [6, 6.07) is 10.4. The van der Waals surface area contributed by atoms with Crippen LogP contribution in [0.2, 0.25) is 0 Å². The van der Waals surface area contributed by atoms with Gasteiger partial charge in [-0.05, 0) is 49.1 Å². The van der Waals surface area contributed by atoms with Crippen molar-refractivity contribution in [3.63, 3.8) is 0 Å². The number of benzene rings is 2. The molecule has 0 saturated heterocycles. The molecule has 0 radical (unpaired) electrons. The third-order valence-electron chi connectivity index (χ3n) is 4.11. The Morgan fingerprint density at radius 3 is 2.48 bits per heavy atom. The van der Waals surface area contributed by atoms with Crippen LogP contribution in [0.3, 0.4) is 0 Å². The van der Waals surface area contributed by atoms with E-state index < -0.39 is 23.4 Å². The van der Waals surface area contributed by atoms with E-state index in [1.165, 1.54) is 12.1 Å². The maximum absolute atomic E-state index is 12.0. The van der Waals surface area contributed by atoms with Crippen LogP contribution in [0.1, 0.15) is 22.3 Å². The lowest BCUT2D eigenvalue weighted by Gasteiger charge is -2.11. The van der Waals surface area contributed by atoms with Crippen molar-refractivity contribution in [2.45, 2.75) is 20.8 Å². The lowest BCUT2D eigenvalue weighted by Crippen LogP contribution is -2.21. The number of aryl methyl sites for hydroxylation is 2. The number of carbonyl (C=O) groups excluding carboxylic acids is 2. The number of esters is 1. The topological polar surface area (TPSA) is 98.5 Å². The molecule has 2 aromatic carbocycles. The quantitative estimate of drug-likeness (QED) is 0.363. The summed E-state index contributed by atoms with van der Waals surface area (Å²) in [5.74, 6) is -1.33. The van der Waals surface area contributed by atoms with Crippen LogP contribution >= 0.6 is 0 Å². The van der Waals surface area contributed by atoms with E-state index in [1.807, 2.05) is 31.2 Å². The summed E-state index contributed by atoms with van der Waals surface area (Å²) < 4.78 is 4.90. The Morgan fingerprint density at radius 1 is 1.11 bits per heavy atom. The molecule has 0 fully saturated rings. The number of anilines is 1. The van der Waals surface area contributed by atoms with Crippen molar-refractivity contribution in [2.75, 3.05) is 11.9 Å². The lowest BCUT2D eigenvalue weighted by molar-refractivity contribution is -0.384. The maximum Gasteiger partial charge on any atom is 0.331 e. The van der Waals surface area contributed by atoms with Gasteiger partial charge in [-0.15, -0.1) is 0 Å². The van der Waals surface area contributed by atoms with E-state index in [1.54, 1.807) is 26.0 Å². The molecule has 0 heterocycles. The summed E-state index contributed by atoms with van der Waals surface area (Å²) in [5, 5.41) is 13.6. The van der Waals surface area contributed by atoms with E-state index in [0.29, 0.717) is 5.56 Å². The molecular formula is C20H20N2O5. The Morgan fingerprint density at radius 2 is 1.81 bits per heavy atom. The molecule has 1 amide bonds. The fourth-order valence-corrected chi connectivity index (χ4v) is 2.40. The minimum absolute atomic E-state index is 0.108. The minimum Gasteiger partial charge on any atom is -0.452 e. The van der Waals surface area contributed by atoms with Gasteiger partial charge in [-0.1, -0.05) is 30.3 Å². The van der Waals surface area contributed by atoms with E-state index in [0.717, 1.165) is 16.7 Å². The van der Waals surface area contributed by atoms with Gasteiger partial charge < -0.3 is 10.1 Å². The van der Waals surface area contributed by atoms with Gasteiger partial charge in [-0.3, -0.25) is 14.9 Å². The zero-order valence-electron chi connectivity index (χ0n) is 15.3. The highest BCUT2D eigenvalue weighted by Crippen LogP contribution is 2.30. The largest absolute Gasteiger partial charge is 0.452 e. The number of nitro benzene ring substituents is 1. The number of nitro groups is 1. The molecule has 0 bridgehead atoms. The van der Waals surface area contributed by atoms with Crippen molar-refractivity contribution in [1.29, 1.82) is 0 Å². The second kappa shape index (κ2) is 8.75. The van der Waals surface area contributed by atoms with Gasteiger partial charge in [-0.25, -0.2) is 4.79 Å². The highest BCUT2D eigenvalue weighted by atomic mass is 16.6. The summed E-state index contributed by atoms with van der Waals surface area (Å²) in [6.07, 6.45) is 2.83. The summed E-state index contributed by atoms with van der Waals surface area (Å²) in [5.41, 5.74) is 3.15. The number of nitrogens with one attached hydrogen (secondary N) is 1. The van der Waals surface area contributed by atoms with Gasteiger partial charge in [0.1, 0.15) is 5.69 Å². The van der Waals surface area contributed by atoms with Gasteiger partial charge in [0, 0.05) is 12.1 Å². The van der Waals surface area contributed by atoms with Crippen LogP contribution in [-0.4, -0.2) is 23.4 Å². The molecule has 0 aliphatic carbocycles. The fourth-order valence-electron chi connectivity index (χ4n) is 2.40. The molecule has 0 unspecified atom stereocenters. The second-order valence-corrected chi connectivity index (χ2v) is 6.00. The normalized spacial score (nSPS) is 10.6. The Labute approximate surface area is 156 Å². The highest BCUT2D eigenvalue weighted by molar-refractivity contribution is 5.97. The van der Waals surface area contributed by atoms with Gasteiger partial charge >= 0.3 is 5.97 Å². The van der Waals surface area contributed by atoms with Gasteiger partial charge in [0.05, 0.1) is 4.92 Å². The molecule has 7 nitrogen and oxygen atoms in total. The van der Waals surface area contributed by atoms with Crippen molar-refractivity contribution in [2.24, 2.45) is 0 Å². The predicted octanol–water partition coefficient (Wildman–Crippen LogP) is 3.72. The standard InChI is InChI=1S/C20H20N2O5/c1-13-8-10-17(22(25)26)20(15(13)3)21-18(23)12-27-19(24)11-9-16-7-5-4-6-14(16)2/h4-11H,12H2,1-3H3,(H,21,23)/b11-9+. The van der Waals surface area contributed by atoms with Crippen molar-refractivity contribution in [3.8, 4) is 0 Å². The van der Waals surface area contributed by atoms with Crippen molar-refractivity contribution in [3.05, 3.63) is 74.8 Å². The average molecular weight is 368 g/mol. The number of ether oxygens (including phenoxy) is 1. The van der Waals surface area contributed by atoms with E-state index in [9.17, 15) is 19.7 Å². The number of rotatable bonds is 6. The first-order valence-corrected chi connectivity index (χ1v) is 8.24.